The van der Waals surface area contributed by atoms with Gasteiger partial charge in [-0.25, -0.2) is 0 Å². The van der Waals surface area contributed by atoms with Crippen LogP contribution in [0.2, 0.25) is 0 Å². The fourth-order valence-corrected chi connectivity index (χ4v) is 4.78. The van der Waals surface area contributed by atoms with Gasteiger partial charge in [0, 0.05) is 24.6 Å². The SMILES string of the molecule is C[C@@]1(Oc2c(-c3ccc(O)c(O)c3)oc3cc(O)cc(O)c3c2=O)O[C@](C)(CO)[C@](C)(O)[C@](C)(O)[C@@]1(C)O. The summed E-state index contributed by atoms with van der Waals surface area (Å²) in [5.41, 5.74) is -10.3. The third kappa shape index (κ3) is 3.52. The smallest absolute Gasteiger partial charge is 0.240 e. The van der Waals surface area contributed by atoms with Crippen LogP contribution >= 0.6 is 0 Å². The predicted octanol–water partition coefficient (Wildman–Crippen LogP) is 1.41. The predicted molar refractivity (Wildman–Crippen MR) is 132 cm³/mol. The van der Waals surface area contributed by atoms with Crippen molar-refractivity contribution in [2.24, 2.45) is 0 Å². The van der Waals surface area contributed by atoms with Crippen molar-refractivity contribution in [2.75, 3.05) is 6.61 Å². The topological polar surface area (TPSA) is 211 Å². The lowest BCUT2D eigenvalue weighted by atomic mass is 9.61. The number of ether oxygens (including phenoxy) is 2. The van der Waals surface area contributed by atoms with E-state index in [4.69, 9.17) is 13.9 Å². The maximum atomic E-state index is 13.7. The third-order valence-corrected chi connectivity index (χ3v) is 7.98. The van der Waals surface area contributed by atoms with Gasteiger partial charge in [0.05, 0.1) is 6.61 Å². The van der Waals surface area contributed by atoms with E-state index in [0.29, 0.717) is 0 Å². The number of benzene rings is 2. The first-order valence-electron chi connectivity index (χ1n) is 11.6. The van der Waals surface area contributed by atoms with Gasteiger partial charge in [-0.2, -0.15) is 0 Å². The molecule has 5 atom stereocenters. The number of hydrogen-bond donors (Lipinski definition) is 8. The van der Waals surface area contributed by atoms with Gasteiger partial charge in [-0.05, 0) is 45.9 Å². The van der Waals surface area contributed by atoms with E-state index in [0.717, 1.165) is 45.0 Å². The first-order chi connectivity index (χ1) is 17.3. The molecule has 0 unspecified atom stereocenters. The molecule has 0 spiro atoms. The van der Waals surface area contributed by atoms with Gasteiger partial charge in [0.15, 0.2) is 22.9 Å². The lowest BCUT2D eigenvalue weighted by Crippen LogP contribution is -2.85. The molecule has 206 valence electrons. The zero-order valence-electron chi connectivity index (χ0n) is 21.3. The molecule has 0 radical (unpaired) electrons. The molecule has 2 aromatic carbocycles. The molecule has 0 amide bonds. The monoisotopic (exact) mass is 534 g/mol. The van der Waals surface area contributed by atoms with Gasteiger partial charge < -0.3 is 54.7 Å². The average Bonchev–Trinajstić information content (AvgIpc) is 2.80. The Kier molecular flexibility index (Phi) is 5.95. The van der Waals surface area contributed by atoms with Gasteiger partial charge in [0.25, 0.3) is 0 Å². The van der Waals surface area contributed by atoms with Crippen molar-refractivity contribution >= 4 is 11.0 Å². The summed E-state index contributed by atoms with van der Waals surface area (Å²) in [4.78, 5) is 13.7. The molecule has 8 N–H and O–H groups in total. The van der Waals surface area contributed by atoms with Crippen molar-refractivity contribution in [1.82, 2.24) is 0 Å². The summed E-state index contributed by atoms with van der Waals surface area (Å²) in [6.07, 6.45) is 0. The van der Waals surface area contributed by atoms with E-state index in [2.05, 4.69) is 0 Å². The molecule has 1 fully saturated rings. The summed E-state index contributed by atoms with van der Waals surface area (Å²) in [5.74, 6) is -5.52. The molecule has 2 heterocycles. The second-order valence-electron chi connectivity index (χ2n) is 10.4. The van der Waals surface area contributed by atoms with Gasteiger partial charge >= 0.3 is 0 Å². The fourth-order valence-electron chi connectivity index (χ4n) is 4.78. The molecule has 38 heavy (non-hydrogen) atoms. The normalized spacial score (nSPS) is 33.4. The summed E-state index contributed by atoms with van der Waals surface area (Å²) in [5, 5.41) is 83.9. The van der Waals surface area contributed by atoms with Crippen LogP contribution in [-0.2, 0) is 4.74 Å². The van der Waals surface area contributed by atoms with E-state index in [9.17, 15) is 45.6 Å². The van der Waals surface area contributed by atoms with Crippen LogP contribution in [-0.4, -0.2) is 75.7 Å². The average molecular weight is 535 g/mol. The highest BCUT2D eigenvalue weighted by Crippen LogP contribution is 2.54. The molecule has 4 rings (SSSR count). The number of hydrogen-bond acceptors (Lipinski definition) is 12. The van der Waals surface area contributed by atoms with Crippen molar-refractivity contribution in [3.05, 3.63) is 40.6 Å². The first-order valence-corrected chi connectivity index (χ1v) is 11.6. The van der Waals surface area contributed by atoms with Crippen LogP contribution in [0.25, 0.3) is 22.3 Å². The molecular formula is C26H30O12. The fraction of sp³-hybridized carbons (Fsp3) is 0.423. The minimum absolute atomic E-state index is 0.000128. The number of aromatic hydroxyl groups is 4. The third-order valence-electron chi connectivity index (χ3n) is 7.98. The molecule has 0 bridgehead atoms. The highest BCUT2D eigenvalue weighted by atomic mass is 16.7. The van der Waals surface area contributed by atoms with E-state index < -0.39 is 74.4 Å². The van der Waals surface area contributed by atoms with E-state index >= 15 is 0 Å². The van der Waals surface area contributed by atoms with Gasteiger partial charge in [-0.1, -0.05) is 0 Å². The van der Waals surface area contributed by atoms with Crippen LogP contribution in [0.15, 0.2) is 39.5 Å². The summed E-state index contributed by atoms with van der Waals surface area (Å²) in [7, 11) is 0. The molecule has 1 aliphatic heterocycles. The lowest BCUT2D eigenvalue weighted by molar-refractivity contribution is -0.441. The van der Waals surface area contributed by atoms with Crippen molar-refractivity contribution in [1.29, 1.82) is 0 Å². The first kappa shape index (κ1) is 27.5. The molecule has 0 saturated carbocycles. The molecule has 0 aliphatic carbocycles. The zero-order chi connectivity index (χ0) is 28.6. The highest BCUT2D eigenvalue weighted by Gasteiger charge is 2.75. The van der Waals surface area contributed by atoms with E-state index in [-0.39, 0.29) is 16.9 Å². The van der Waals surface area contributed by atoms with Crippen LogP contribution in [0, 0.1) is 0 Å². The Morgan fingerprint density at radius 3 is 2.03 bits per heavy atom. The molecular weight excluding hydrogens is 504 g/mol. The Morgan fingerprint density at radius 1 is 0.816 bits per heavy atom. The number of rotatable bonds is 4. The Bertz CT molecular complexity index is 1490. The van der Waals surface area contributed by atoms with Crippen LogP contribution in [0.4, 0.5) is 0 Å². The van der Waals surface area contributed by atoms with Crippen LogP contribution in [0.5, 0.6) is 28.7 Å². The van der Waals surface area contributed by atoms with E-state index in [1.54, 1.807) is 0 Å². The maximum absolute atomic E-state index is 13.7. The second kappa shape index (κ2) is 8.22. The van der Waals surface area contributed by atoms with Gasteiger partial charge in [-0.3, -0.25) is 4.79 Å². The molecule has 1 saturated heterocycles. The number of aliphatic hydroxyl groups excluding tert-OH is 1. The molecule has 12 nitrogen and oxygen atoms in total. The molecule has 1 aliphatic rings. The Labute approximate surface area is 216 Å². The Hall–Kier alpha value is -3.55. The van der Waals surface area contributed by atoms with Crippen LogP contribution < -0.4 is 10.2 Å². The summed E-state index contributed by atoms with van der Waals surface area (Å²) in [6.45, 7) is 4.98. The second-order valence-corrected chi connectivity index (χ2v) is 10.4. The largest absolute Gasteiger partial charge is 0.508 e. The van der Waals surface area contributed by atoms with E-state index in [1.165, 1.54) is 19.9 Å². The number of aliphatic hydroxyl groups is 4. The van der Waals surface area contributed by atoms with Gasteiger partial charge in [-0.15, -0.1) is 0 Å². The highest BCUT2D eigenvalue weighted by molar-refractivity contribution is 5.88. The minimum atomic E-state index is -2.47. The number of phenols is 4. The zero-order valence-corrected chi connectivity index (χ0v) is 21.3. The van der Waals surface area contributed by atoms with Crippen LogP contribution in [0.3, 0.4) is 0 Å². The number of phenolic OH excluding ortho intramolecular Hbond substituents is 4. The molecule has 1 aromatic heterocycles. The quantitative estimate of drug-likeness (QED) is 0.223. The van der Waals surface area contributed by atoms with Crippen molar-refractivity contribution in [2.45, 2.75) is 62.8 Å². The lowest BCUT2D eigenvalue weighted by Gasteiger charge is -2.64. The summed E-state index contributed by atoms with van der Waals surface area (Å²) < 4.78 is 17.7. The van der Waals surface area contributed by atoms with Crippen LogP contribution in [0.1, 0.15) is 34.6 Å². The summed E-state index contributed by atoms with van der Waals surface area (Å²) >= 11 is 0. The van der Waals surface area contributed by atoms with Crippen molar-refractivity contribution in [3.8, 4) is 40.1 Å². The van der Waals surface area contributed by atoms with Gasteiger partial charge in [0.1, 0.15) is 39.3 Å². The van der Waals surface area contributed by atoms with Gasteiger partial charge in [0.2, 0.25) is 17.0 Å². The number of fused-ring (bicyclic) bond motifs is 1. The maximum Gasteiger partial charge on any atom is 0.240 e. The van der Waals surface area contributed by atoms with E-state index in [1.807, 2.05) is 0 Å². The Morgan fingerprint density at radius 2 is 1.45 bits per heavy atom. The Balaban J connectivity index is 2.04. The summed E-state index contributed by atoms with van der Waals surface area (Å²) in [6, 6.07) is 5.39. The molecule has 3 aromatic rings. The standard InChI is InChI=1S/C26H30O12/c1-22(11-27)23(2,33)24(3,34)25(4,35)26(5,38-22)37-21-19(32)18-16(31)9-13(28)10-17(18)36-20(21)12-6-7-14(29)15(30)8-12/h6-10,27-31,33-35H,11H2,1-5H3/t22-,23+,24+,25-,26-/m1/s1. The van der Waals surface area contributed by atoms with Crippen molar-refractivity contribution in [3.63, 3.8) is 0 Å². The van der Waals surface area contributed by atoms with Crippen molar-refractivity contribution < 1.29 is 54.7 Å². The molecule has 12 heteroatoms. The minimum Gasteiger partial charge on any atom is -0.508 e.